The molecule has 110 valence electrons. The molecule has 1 aliphatic rings. The molecule has 0 aromatic heterocycles. The number of hydrogen-bond donors (Lipinski definition) is 1. The van der Waals surface area contributed by atoms with Gasteiger partial charge in [0.1, 0.15) is 5.60 Å². The SMILES string of the molecule is CN(C)C1CC(O)(c2ccc(Cl)c(Cl)c2)c2ccccc21. The maximum absolute atomic E-state index is 11.3. The van der Waals surface area contributed by atoms with Gasteiger partial charge in [0.2, 0.25) is 0 Å². The smallest absolute Gasteiger partial charge is 0.117 e. The Hall–Kier alpha value is -1.06. The fraction of sp³-hybridized carbons (Fsp3) is 0.294. The molecule has 0 heterocycles. The van der Waals surface area contributed by atoms with E-state index in [4.69, 9.17) is 23.2 Å². The molecule has 2 aromatic carbocycles. The van der Waals surface area contributed by atoms with Gasteiger partial charge in [-0.1, -0.05) is 53.5 Å². The normalized spacial score (nSPS) is 24.4. The van der Waals surface area contributed by atoms with Crippen LogP contribution >= 0.6 is 23.2 Å². The Bertz CT molecular complexity index is 686. The summed E-state index contributed by atoms with van der Waals surface area (Å²) in [7, 11) is 4.06. The number of hydrogen-bond acceptors (Lipinski definition) is 2. The topological polar surface area (TPSA) is 23.5 Å². The van der Waals surface area contributed by atoms with E-state index >= 15 is 0 Å². The van der Waals surface area contributed by atoms with Crippen molar-refractivity contribution in [2.24, 2.45) is 0 Å². The standard InChI is InChI=1S/C17H17Cl2NO/c1-20(2)16-10-17(21,13-6-4-3-5-12(13)16)11-7-8-14(18)15(19)9-11/h3-9,16,21H,10H2,1-2H3. The summed E-state index contributed by atoms with van der Waals surface area (Å²) in [4.78, 5) is 2.13. The van der Waals surface area contributed by atoms with E-state index in [1.165, 1.54) is 0 Å². The Morgan fingerprint density at radius 3 is 2.48 bits per heavy atom. The summed E-state index contributed by atoms with van der Waals surface area (Å²) in [6, 6.07) is 13.6. The lowest BCUT2D eigenvalue weighted by Gasteiger charge is -2.26. The first-order chi connectivity index (χ1) is 9.93. The van der Waals surface area contributed by atoms with Crippen LogP contribution in [0.1, 0.15) is 29.2 Å². The molecule has 0 amide bonds. The average Bonchev–Trinajstić information content (AvgIpc) is 2.77. The van der Waals surface area contributed by atoms with E-state index in [1.54, 1.807) is 12.1 Å². The third-order valence-electron chi connectivity index (χ3n) is 4.27. The summed E-state index contributed by atoms with van der Waals surface area (Å²) < 4.78 is 0. The third-order valence-corrected chi connectivity index (χ3v) is 5.01. The first kappa shape index (κ1) is 14.9. The molecule has 2 aromatic rings. The van der Waals surface area contributed by atoms with Crippen LogP contribution in [-0.2, 0) is 5.60 Å². The van der Waals surface area contributed by atoms with Gasteiger partial charge in [0.25, 0.3) is 0 Å². The Labute approximate surface area is 134 Å². The highest BCUT2D eigenvalue weighted by atomic mass is 35.5. The Balaban J connectivity index is 2.15. The van der Waals surface area contributed by atoms with E-state index in [2.05, 4.69) is 11.0 Å². The molecule has 0 saturated carbocycles. The van der Waals surface area contributed by atoms with Crippen molar-refractivity contribution in [3.8, 4) is 0 Å². The van der Waals surface area contributed by atoms with Gasteiger partial charge in [0, 0.05) is 12.5 Å². The van der Waals surface area contributed by atoms with Crippen molar-refractivity contribution in [3.63, 3.8) is 0 Å². The van der Waals surface area contributed by atoms with Crippen LogP contribution in [0.5, 0.6) is 0 Å². The second-order valence-electron chi connectivity index (χ2n) is 5.76. The van der Waals surface area contributed by atoms with Gasteiger partial charge < -0.3 is 10.0 Å². The van der Waals surface area contributed by atoms with Gasteiger partial charge in [-0.2, -0.15) is 0 Å². The molecular weight excluding hydrogens is 305 g/mol. The Kier molecular flexibility index (Phi) is 3.74. The minimum atomic E-state index is -1.03. The molecule has 0 aliphatic heterocycles. The second-order valence-corrected chi connectivity index (χ2v) is 6.57. The maximum atomic E-state index is 11.3. The van der Waals surface area contributed by atoms with Crippen LogP contribution < -0.4 is 0 Å². The van der Waals surface area contributed by atoms with Gasteiger partial charge in [-0.15, -0.1) is 0 Å². The highest BCUT2D eigenvalue weighted by molar-refractivity contribution is 6.42. The van der Waals surface area contributed by atoms with Gasteiger partial charge in [-0.3, -0.25) is 0 Å². The van der Waals surface area contributed by atoms with Crippen molar-refractivity contribution in [1.82, 2.24) is 4.90 Å². The van der Waals surface area contributed by atoms with Crippen LogP contribution in [0.15, 0.2) is 42.5 Å². The van der Waals surface area contributed by atoms with Crippen molar-refractivity contribution >= 4 is 23.2 Å². The van der Waals surface area contributed by atoms with Gasteiger partial charge in [0.05, 0.1) is 10.0 Å². The van der Waals surface area contributed by atoms with Crippen molar-refractivity contribution in [3.05, 3.63) is 69.2 Å². The largest absolute Gasteiger partial charge is 0.380 e. The quantitative estimate of drug-likeness (QED) is 0.894. The molecule has 2 nitrogen and oxygen atoms in total. The summed E-state index contributed by atoms with van der Waals surface area (Å²) in [6.07, 6.45) is 0.608. The van der Waals surface area contributed by atoms with Crippen LogP contribution in [-0.4, -0.2) is 24.1 Å². The molecule has 2 atom stereocenters. The highest BCUT2D eigenvalue weighted by Gasteiger charge is 2.44. The molecule has 21 heavy (non-hydrogen) atoms. The van der Waals surface area contributed by atoms with Crippen molar-refractivity contribution in [2.75, 3.05) is 14.1 Å². The van der Waals surface area contributed by atoms with Crippen molar-refractivity contribution in [1.29, 1.82) is 0 Å². The van der Waals surface area contributed by atoms with E-state index in [9.17, 15) is 5.11 Å². The molecule has 4 heteroatoms. The summed E-state index contributed by atoms with van der Waals surface area (Å²) in [5.74, 6) is 0. The molecular formula is C17H17Cl2NO. The number of nitrogens with zero attached hydrogens (tertiary/aromatic N) is 1. The molecule has 1 N–H and O–H groups in total. The Morgan fingerprint density at radius 1 is 1.10 bits per heavy atom. The highest BCUT2D eigenvalue weighted by Crippen LogP contribution is 2.49. The molecule has 0 fully saturated rings. The molecule has 0 spiro atoms. The van der Waals surface area contributed by atoms with Gasteiger partial charge in [-0.25, -0.2) is 0 Å². The summed E-state index contributed by atoms with van der Waals surface area (Å²) >= 11 is 12.1. The van der Waals surface area contributed by atoms with E-state index < -0.39 is 5.60 Å². The number of fused-ring (bicyclic) bond motifs is 1. The average molecular weight is 322 g/mol. The second kappa shape index (κ2) is 5.29. The summed E-state index contributed by atoms with van der Waals surface area (Å²) in [6.45, 7) is 0. The van der Waals surface area contributed by atoms with E-state index in [-0.39, 0.29) is 6.04 Å². The molecule has 3 rings (SSSR count). The zero-order chi connectivity index (χ0) is 15.2. The van der Waals surface area contributed by atoms with Gasteiger partial charge in [0.15, 0.2) is 0 Å². The summed E-state index contributed by atoms with van der Waals surface area (Å²) in [5, 5.41) is 12.3. The number of rotatable bonds is 2. The van der Waals surface area contributed by atoms with Gasteiger partial charge in [-0.05, 0) is 42.9 Å². The fourth-order valence-electron chi connectivity index (χ4n) is 3.15. The Morgan fingerprint density at radius 2 is 1.81 bits per heavy atom. The van der Waals surface area contributed by atoms with Crippen LogP contribution in [0, 0.1) is 0 Å². The zero-order valence-corrected chi connectivity index (χ0v) is 13.5. The minimum Gasteiger partial charge on any atom is -0.380 e. The van der Waals surface area contributed by atoms with Crippen LogP contribution in [0.25, 0.3) is 0 Å². The lowest BCUT2D eigenvalue weighted by Crippen LogP contribution is -2.26. The molecule has 2 unspecified atom stereocenters. The molecule has 1 aliphatic carbocycles. The van der Waals surface area contributed by atoms with E-state index in [0.29, 0.717) is 16.5 Å². The lowest BCUT2D eigenvalue weighted by atomic mass is 9.88. The first-order valence-corrected chi connectivity index (χ1v) is 7.63. The number of aliphatic hydroxyl groups is 1. The predicted molar refractivity (Wildman–Crippen MR) is 86.9 cm³/mol. The predicted octanol–water partition coefficient (Wildman–Crippen LogP) is 4.24. The third kappa shape index (κ3) is 2.36. The lowest BCUT2D eigenvalue weighted by molar-refractivity contribution is 0.0625. The van der Waals surface area contributed by atoms with E-state index in [1.807, 2.05) is 38.4 Å². The van der Waals surface area contributed by atoms with Gasteiger partial charge >= 0.3 is 0 Å². The fourth-order valence-corrected chi connectivity index (χ4v) is 3.45. The minimum absolute atomic E-state index is 0.181. The van der Waals surface area contributed by atoms with Crippen molar-refractivity contribution in [2.45, 2.75) is 18.1 Å². The first-order valence-electron chi connectivity index (χ1n) is 6.87. The molecule has 0 saturated heterocycles. The zero-order valence-electron chi connectivity index (χ0n) is 12.0. The molecule has 0 radical (unpaired) electrons. The summed E-state index contributed by atoms with van der Waals surface area (Å²) in [5.41, 5.74) is 1.87. The number of benzene rings is 2. The monoisotopic (exact) mass is 321 g/mol. The van der Waals surface area contributed by atoms with Crippen molar-refractivity contribution < 1.29 is 5.11 Å². The van der Waals surface area contributed by atoms with Crippen LogP contribution in [0.4, 0.5) is 0 Å². The maximum Gasteiger partial charge on any atom is 0.117 e. The van der Waals surface area contributed by atoms with Crippen LogP contribution in [0.2, 0.25) is 10.0 Å². The molecule has 0 bridgehead atoms. The van der Waals surface area contributed by atoms with E-state index in [0.717, 1.165) is 16.7 Å². The van der Waals surface area contributed by atoms with Crippen LogP contribution in [0.3, 0.4) is 0 Å². The number of halogens is 2.